The molecule has 1 unspecified atom stereocenters. The summed E-state index contributed by atoms with van der Waals surface area (Å²) in [6.45, 7) is 0.727. The highest BCUT2D eigenvalue weighted by Gasteiger charge is 2.37. The van der Waals surface area contributed by atoms with E-state index in [0.717, 1.165) is 24.3 Å². The van der Waals surface area contributed by atoms with E-state index >= 15 is 0 Å². The third kappa shape index (κ3) is 1.63. The molecule has 4 rings (SSSR count). The average Bonchev–Trinajstić information content (AvgIpc) is 2.46. The Kier molecular flexibility index (Phi) is 2.51. The number of carbonyl (C=O) groups is 1. The molecule has 0 aliphatic carbocycles. The van der Waals surface area contributed by atoms with E-state index < -0.39 is 0 Å². The van der Waals surface area contributed by atoms with E-state index in [9.17, 15) is 4.79 Å². The Bertz CT molecular complexity index is 713. The van der Waals surface area contributed by atoms with E-state index in [2.05, 4.69) is 22.3 Å². The van der Waals surface area contributed by atoms with E-state index in [1.807, 2.05) is 30.3 Å². The Morgan fingerprint density at radius 3 is 2.75 bits per heavy atom. The monoisotopic (exact) mass is 284 g/mol. The van der Waals surface area contributed by atoms with Gasteiger partial charge in [0.15, 0.2) is 0 Å². The van der Waals surface area contributed by atoms with Crippen LogP contribution in [-0.2, 0) is 17.8 Å². The third-order valence-corrected chi connectivity index (χ3v) is 4.39. The van der Waals surface area contributed by atoms with Crippen LogP contribution < -0.4 is 10.2 Å². The summed E-state index contributed by atoms with van der Waals surface area (Å²) in [5.74, 6) is 0.0502. The fraction of sp³-hybridized carbons (Fsp3) is 0.188. The van der Waals surface area contributed by atoms with Gasteiger partial charge >= 0.3 is 0 Å². The lowest BCUT2D eigenvalue weighted by Gasteiger charge is -2.42. The van der Waals surface area contributed by atoms with Crippen molar-refractivity contribution in [3.05, 3.63) is 58.6 Å². The van der Waals surface area contributed by atoms with Crippen molar-refractivity contribution >= 4 is 28.9 Å². The topological polar surface area (TPSA) is 32.3 Å². The first-order valence-electron chi connectivity index (χ1n) is 6.67. The minimum absolute atomic E-state index is 0.0502. The van der Waals surface area contributed by atoms with Crippen LogP contribution in [-0.4, -0.2) is 11.9 Å². The van der Waals surface area contributed by atoms with Gasteiger partial charge in [0.25, 0.3) is 0 Å². The summed E-state index contributed by atoms with van der Waals surface area (Å²) >= 11 is 6.34. The van der Waals surface area contributed by atoms with Gasteiger partial charge in [-0.25, -0.2) is 0 Å². The molecule has 0 spiro atoms. The number of nitrogens with one attached hydrogen (secondary N) is 1. The second kappa shape index (κ2) is 4.25. The Morgan fingerprint density at radius 2 is 1.90 bits per heavy atom. The fourth-order valence-electron chi connectivity index (χ4n) is 3.12. The van der Waals surface area contributed by atoms with Crippen LogP contribution in [0.15, 0.2) is 42.5 Å². The van der Waals surface area contributed by atoms with E-state index in [4.69, 9.17) is 11.6 Å². The maximum Gasteiger partial charge on any atom is 0.247 e. The lowest BCUT2D eigenvalue weighted by Crippen LogP contribution is -2.51. The second-order valence-electron chi connectivity index (χ2n) is 5.24. The Labute approximate surface area is 122 Å². The molecule has 2 aromatic carbocycles. The number of anilines is 2. The molecule has 0 radical (unpaired) electrons. The third-order valence-electron chi connectivity index (χ3n) is 4.08. The molecule has 2 heterocycles. The first kappa shape index (κ1) is 11.8. The van der Waals surface area contributed by atoms with E-state index in [1.165, 1.54) is 11.1 Å². The Hall–Kier alpha value is -2.00. The normalized spacial score (nSPS) is 19.8. The van der Waals surface area contributed by atoms with Gasteiger partial charge in [0, 0.05) is 13.0 Å². The first-order valence-corrected chi connectivity index (χ1v) is 7.04. The standard InChI is InChI=1S/C16H13ClN2O/c17-12-6-3-7-13-15(12)19-9-11-5-2-1-4-10(11)8-14(19)16(20)18-13/h1-7,14H,8-9H2,(H,18,20). The van der Waals surface area contributed by atoms with Crippen molar-refractivity contribution in [2.75, 3.05) is 10.2 Å². The maximum absolute atomic E-state index is 12.3. The molecule has 4 heteroatoms. The summed E-state index contributed by atoms with van der Waals surface area (Å²) in [5, 5.41) is 3.65. The molecule has 0 saturated heterocycles. The number of nitrogens with zero attached hydrogens (tertiary/aromatic N) is 1. The summed E-state index contributed by atoms with van der Waals surface area (Å²) < 4.78 is 0. The van der Waals surface area contributed by atoms with Crippen molar-refractivity contribution in [1.82, 2.24) is 0 Å². The molecule has 2 aliphatic heterocycles. The number of carbonyl (C=O) groups excluding carboxylic acids is 1. The predicted octanol–water partition coefficient (Wildman–Crippen LogP) is 3.22. The van der Waals surface area contributed by atoms with Crippen LogP contribution in [0.2, 0.25) is 5.02 Å². The van der Waals surface area contributed by atoms with Crippen molar-refractivity contribution < 1.29 is 4.79 Å². The molecule has 2 aromatic rings. The lowest BCUT2D eigenvalue weighted by molar-refractivity contribution is -0.117. The average molecular weight is 285 g/mol. The zero-order valence-electron chi connectivity index (χ0n) is 10.8. The van der Waals surface area contributed by atoms with E-state index in [-0.39, 0.29) is 11.9 Å². The van der Waals surface area contributed by atoms with Crippen LogP contribution in [0.3, 0.4) is 0 Å². The van der Waals surface area contributed by atoms with Crippen LogP contribution in [0.4, 0.5) is 11.4 Å². The molecule has 1 N–H and O–H groups in total. The number of hydrogen-bond acceptors (Lipinski definition) is 2. The number of halogens is 1. The Morgan fingerprint density at radius 1 is 1.10 bits per heavy atom. The highest BCUT2D eigenvalue weighted by molar-refractivity contribution is 6.34. The Balaban J connectivity index is 1.87. The molecule has 0 bridgehead atoms. The van der Waals surface area contributed by atoms with Gasteiger partial charge in [-0.05, 0) is 23.3 Å². The number of fused-ring (bicyclic) bond motifs is 4. The molecule has 0 fully saturated rings. The van der Waals surface area contributed by atoms with Gasteiger partial charge in [-0.3, -0.25) is 4.79 Å². The molecule has 2 aliphatic rings. The van der Waals surface area contributed by atoms with Crippen molar-refractivity contribution in [3.8, 4) is 0 Å². The van der Waals surface area contributed by atoms with Gasteiger partial charge in [-0.1, -0.05) is 41.9 Å². The maximum atomic E-state index is 12.3. The first-order chi connectivity index (χ1) is 9.74. The van der Waals surface area contributed by atoms with Gasteiger partial charge < -0.3 is 10.2 Å². The zero-order valence-corrected chi connectivity index (χ0v) is 11.5. The van der Waals surface area contributed by atoms with Crippen LogP contribution in [0.25, 0.3) is 0 Å². The lowest BCUT2D eigenvalue weighted by atomic mass is 9.91. The predicted molar refractivity (Wildman–Crippen MR) is 80.2 cm³/mol. The summed E-state index contributed by atoms with van der Waals surface area (Å²) in [7, 11) is 0. The van der Waals surface area contributed by atoms with Gasteiger partial charge in [-0.15, -0.1) is 0 Å². The van der Waals surface area contributed by atoms with Crippen molar-refractivity contribution in [3.63, 3.8) is 0 Å². The van der Waals surface area contributed by atoms with E-state index in [1.54, 1.807) is 0 Å². The van der Waals surface area contributed by atoms with Gasteiger partial charge in [0.05, 0.1) is 16.4 Å². The summed E-state index contributed by atoms with van der Waals surface area (Å²) in [6, 6.07) is 13.7. The zero-order chi connectivity index (χ0) is 13.7. The van der Waals surface area contributed by atoms with Crippen LogP contribution in [0, 0.1) is 0 Å². The molecule has 1 atom stereocenters. The van der Waals surface area contributed by atoms with Crippen LogP contribution in [0.5, 0.6) is 0 Å². The van der Waals surface area contributed by atoms with E-state index in [0.29, 0.717) is 5.02 Å². The molecule has 3 nitrogen and oxygen atoms in total. The van der Waals surface area contributed by atoms with Gasteiger partial charge in [0.1, 0.15) is 6.04 Å². The summed E-state index contributed by atoms with van der Waals surface area (Å²) in [6.07, 6.45) is 0.729. The highest BCUT2D eigenvalue weighted by Crippen LogP contribution is 2.41. The molecule has 20 heavy (non-hydrogen) atoms. The quantitative estimate of drug-likeness (QED) is 0.805. The van der Waals surface area contributed by atoms with Crippen LogP contribution in [0.1, 0.15) is 11.1 Å². The van der Waals surface area contributed by atoms with Gasteiger partial charge in [0.2, 0.25) is 5.91 Å². The molecule has 0 saturated carbocycles. The molecular weight excluding hydrogens is 272 g/mol. The minimum Gasteiger partial charge on any atom is -0.352 e. The largest absolute Gasteiger partial charge is 0.352 e. The molecular formula is C16H13ClN2O. The fourth-order valence-corrected chi connectivity index (χ4v) is 3.40. The summed E-state index contributed by atoms with van der Waals surface area (Å²) in [4.78, 5) is 14.4. The summed E-state index contributed by atoms with van der Waals surface area (Å²) in [5.41, 5.74) is 4.26. The number of hydrogen-bond donors (Lipinski definition) is 1. The van der Waals surface area contributed by atoms with Crippen molar-refractivity contribution in [2.24, 2.45) is 0 Å². The van der Waals surface area contributed by atoms with Crippen molar-refractivity contribution in [2.45, 2.75) is 19.0 Å². The van der Waals surface area contributed by atoms with Crippen molar-refractivity contribution in [1.29, 1.82) is 0 Å². The highest BCUT2D eigenvalue weighted by atomic mass is 35.5. The SMILES string of the molecule is O=C1Nc2cccc(Cl)c2N2Cc3ccccc3CC12. The smallest absolute Gasteiger partial charge is 0.247 e. The number of para-hydroxylation sites is 1. The number of amides is 1. The second-order valence-corrected chi connectivity index (χ2v) is 5.65. The minimum atomic E-state index is -0.169. The van der Waals surface area contributed by atoms with Crippen LogP contribution >= 0.6 is 11.6 Å². The molecule has 100 valence electrons. The molecule has 1 amide bonds. The molecule has 0 aromatic heterocycles. The number of rotatable bonds is 0. The number of benzene rings is 2. The van der Waals surface area contributed by atoms with Gasteiger partial charge in [-0.2, -0.15) is 0 Å².